The van der Waals surface area contributed by atoms with Gasteiger partial charge in [0.15, 0.2) is 0 Å². The third-order valence-corrected chi connectivity index (χ3v) is 3.73. The van der Waals surface area contributed by atoms with Crippen molar-refractivity contribution in [2.45, 2.75) is 6.18 Å². The number of hydrogen-bond donors (Lipinski definition) is 1. The molecule has 0 radical (unpaired) electrons. The number of pyridine rings is 1. The van der Waals surface area contributed by atoms with E-state index in [1.54, 1.807) is 44.4 Å². The number of halogens is 3. The van der Waals surface area contributed by atoms with Gasteiger partial charge in [0.2, 0.25) is 5.95 Å². The minimum atomic E-state index is -4.46. The van der Waals surface area contributed by atoms with Crippen LogP contribution in [0.1, 0.15) is 5.56 Å². The molecular weight excluding hydrogens is 343 g/mol. The van der Waals surface area contributed by atoms with Crippen molar-refractivity contribution in [3.8, 4) is 22.5 Å². The Balaban J connectivity index is 2.12. The van der Waals surface area contributed by atoms with Gasteiger partial charge in [-0.1, -0.05) is 18.2 Å². The quantitative estimate of drug-likeness (QED) is 0.769. The third-order valence-electron chi connectivity index (χ3n) is 3.73. The molecule has 0 spiro atoms. The second-order valence-corrected chi connectivity index (χ2v) is 5.87. The second kappa shape index (κ2) is 6.62. The largest absolute Gasteiger partial charge is 0.416 e. The van der Waals surface area contributed by atoms with E-state index in [9.17, 15) is 13.2 Å². The number of aromatic nitrogens is 3. The van der Waals surface area contributed by atoms with Gasteiger partial charge in [0, 0.05) is 31.4 Å². The molecule has 5 nitrogen and oxygen atoms in total. The van der Waals surface area contributed by atoms with Crippen LogP contribution < -0.4 is 10.6 Å². The lowest BCUT2D eigenvalue weighted by Crippen LogP contribution is -2.14. The summed E-state index contributed by atoms with van der Waals surface area (Å²) in [6.45, 7) is 0. The van der Waals surface area contributed by atoms with Gasteiger partial charge in [-0.05, 0) is 24.3 Å². The molecule has 0 amide bonds. The molecule has 0 aliphatic rings. The molecule has 3 rings (SSSR count). The van der Waals surface area contributed by atoms with Crippen LogP contribution in [0.25, 0.3) is 22.5 Å². The Labute approximate surface area is 148 Å². The van der Waals surface area contributed by atoms with Crippen LogP contribution in [0.4, 0.5) is 24.9 Å². The maximum Gasteiger partial charge on any atom is 0.416 e. The summed E-state index contributed by atoms with van der Waals surface area (Å²) < 4.78 is 39.7. The van der Waals surface area contributed by atoms with E-state index in [0.717, 1.165) is 12.1 Å². The molecule has 2 N–H and O–H groups in total. The molecule has 3 aromatic rings. The van der Waals surface area contributed by atoms with Gasteiger partial charge in [0.1, 0.15) is 5.82 Å². The van der Waals surface area contributed by atoms with E-state index < -0.39 is 11.7 Å². The molecule has 2 heterocycles. The predicted molar refractivity (Wildman–Crippen MR) is 94.4 cm³/mol. The first kappa shape index (κ1) is 17.7. The predicted octanol–water partition coefficient (Wildman–Crippen LogP) is 3.87. The molecular formula is C18H16F3N5. The summed E-state index contributed by atoms with van der Waals surface area (Å²) in [6, 6.07) is 10.7. The van der Waals surface area contributed by atoms with Crippen LogP contribution in [0.2, 0.25) is 0 Å². The molecule has 26 heavy (non-hydrogen) atoms. The number of nitrogen functional groups attached to an aromatic ring is 1. The van der Waals surface area contributed by atoms with Gasteiger partial charge in [0.25, 0.3) is 0 Å². The maximum absolute atomic E-state index is 13.2. The van der Waals surface area contributed by atoms with Crippen LogP contribution >= 0.6 is 0 Å². The summed E-state index contributed by atoms with van der Waals surface area (Å²) in [4.78, 5) is 13.9. The van der Waals surface area contributed by atoms with Crippen LogP contribution in [-0.2, 0) is 6.18 Å². The number of anilines is 2. The molecule has 134 valence electrons. The standard InChI is InChI=1S/C18H16F3N5/c1-26(2)16-10-13(18(19,20)21)9-15(24-16)12-5-3-4-11(8-12)14-6-7-23-17(22)25-14/h3-10H,1-2H3,(H2,22,23,25). The van der Waals surface area contributed by atoms with Gasteiger partial charge in [-0.2, -0.15) is 13.2 Å². The van der Waals surface area contributed by atoms with E-state index in [-0.39, 0.29) is 17.5 Å². The molecule has 8 heteroatoms. The third kappa shape index (κ3) is 3.74. The molecule has 0 atom stereocenters. The van der Waals surface area contributed by atoms with Crippen LogP contribution in [0.5, 0.6) is 0 Å². The first-order valence-corrected chi connectivity index (χ1v) is 7.70. The number of alkyl halides is 3. The van der Waals surface area contributed by atoms with E-state index in [1.165, 1.54) is 11.1 Å². The van der Waals surface area contributed by atoms with Crippen molar-refractivity contribution in [1.82, 2.24) is 15.0 Å². The smallest absolute Gasteiger partial charge is 0.368 e. The summed E-state index contributed by atoms with van der Waals surface area (Å²) in [7, 11) is 3.29. The fraction of sp³-hybridized carbons (Fsp3) is 0.167. The monoisotopic (exact) mass is 359 g/mol. The zero-order valence-corrected chi connectivity index (χ0v) is 14.1. The SMILES string of the molecule is CN(C)c1cc(C(F)(F)F)cc(-c2cccc(-c3ccnc(N)n3)c2)n1. The lowest BCUT2D eigenvalue weighted by Gasteiger charge is -2.16. The summed E-state index contributed by atoms with van der Waals surface area (Å²) >= 11 is 0. The van der Waals surface area contributed by atoms with E-state index in [1.807, 2.05) is 0 Å². The zero-order chi connectivity index (χ0) is 18.9. The van der Waals surface area contributed by atoms with Crippen LogP contribution in [0.15, 0.2) is 48.7 Å². The highest BCUT2D eigenvalue weighted by Crippen LogP contribution is 2.34. The van der Waals surface area contributed by atoms with Gasteiger partial charge in [-0.3, -0.25) is 0 Å². The molecule has 0 aliphatic carbocycles. The highest BCUT2D eigenvalue weighted by molar-refractivity contribution is 5.71. The Morgan fingerprint density at radius 3 is 2.23 bits per heavy atom. The van der Waals surface area contributed by atoms with Gasteiger partial charge in [0.05, 0.1) is 17.0 Å². The first-order chi connectivity index (χ1) is 12.2. The molecule has 0 unspecified atom stereocenters. The van der Waals surface area contributed by atoms with Crippen molar-refractivity contribution in [1.29, 1.82) is 0 Å². The summed E-state index contributed by atoms with van der Waals surface area (Å²) in [5, 5.41) is 0. The van der Waals surface area contributed by atoms with Crippen LogP contribution in [0.3, 0.4) is 0 Å². The first-order valence-electron chi connectivity index (χ1n) is 7.70. The highest BCUT2D eigenvalue weighted by atomic mass is 19.4. The Bertz CT molecular complexity index is 938. The Morgan fingerprint density at radius 1 is 0.923 bits per heavy atom. The average molecular weight is 359 g/mol. The average Bonchev–Trinajstić information content (AvgIpc) is 2.60. The normalized spacial score (nSPS) is 11.4. The van der Waals surface area contributed by atoms with Crippen molar-refractivity contribution in [2.24, 2.45) is 0 Å². The molecule has 1 aromatic carbocycles. The van der Waals surface area contributed by atoms with E-state index >= 15 is 0 Å². The fourth-order valence-corrected chi connectivity index (χ4v) is 2.43. The molecule has 0 bridgehead atoms. The zero-order valence-electron chi connectivity index (χ0n) is 14.1. The lowest BCUT2D eigenvalue weighted by molar-refractivity contribution is -0.137. The van der Waals surface area contributed by atoms with Gasteiger partial charge in [-0.25, -0.2) is 15.0 Å². The topological polar surface area (TPSA) is 67.9 Å². The minimum absolute atomic E-state index is 0.125. The number of nitrogens with two attached hydrogens (primary N) is 1. The van der Waals surface area contributed by atoms with E-state index in [0.29, 0.717) is 16.8 Å². The summed E-state index contributed by atoms with van der Waals surface area (Å²) in [5.41, 5.74) is 6.93. The molecule has 0 fully saturated rings. The van der Waals surface area contributed by atoms with Crippen LogP contribution in [0, 0.1) is 0 Å². The summed E-state index contributed by atoms with van der Waals surface area (Å²) in [6.07, 6.45) is -2.93. The lowest BCUT2D eigenvalue weighted by atomic mass is 10.0. The molecule has 0 aliphatic heterocycles. The van der Waals surface area contributed by atoms with Crippen molar-refractivity contribution in [3.63, 3.8) is 0 Å². The minimum Gasteiger partial charge on any atom is -0.368 e. The number of hydrogen-bond acceptors (Lipinski definition) is 5. The van der Waals surface area contributed by atoms with Crippen molar-refractivity contribution >= 4 is 11.8 Å². The van der Waals surface area contributed by atoms with Crippen LogP contribution in [-0.4, -0.2) is 29.0 Å². The Hall–Kier alpha value is -3.16. The number of benzene rings is 1. The number of nitrogens with zero attached hydrogens (tertiary/aromatic N) is 4. The summed E-state index contributed by atoms with van der Waals surface area (Å²) in [5.74, 6) is 0.353. The molecule has 0 saturated carbocycles. The molecule has 2 aromatic heterocycles. The van der Waals surface area contributed by atoms with Crippen molar-refractivity contribution in [3.05, 3.63) is 54.2 Å². The maximum atomic E-state index is 13.2. The molecule has 0 saturated heterocycles. The number of rotatable bonds is 3. The van der Waals surface area contributed by atoms with Gasteiger partial charge < -0.3 is 10.6 Å². The van der Waals surface area contributed by atoms with Gasteiger partial charge >= 0.3 is 6.18 Å². The Morgan fingerprint density at radius 2 is 1.62 bits per heavy atom. The van der Waals surface area contributed by atoms with Crippen molar-refractivity contribution < 1.29 is 13.2 Å². The van der Waals surface area contributed by atoms with E-state index in [2.05, 4.69) is 15.0 Å². The van der Waals surface area contributed by atoms with Gasteiger partial charge in [-0.15, -0.1) is 0 Å². The van der Waals surface area contributed by atoms with Crippen molar-refractivity contribution in [2.75, 3.05) is 24.7 Å². The Kier molecular flexibility index (Phi) is 4.50. The fourth-order valence-electron chi connectivity index (χ4n) is 2.43. The highest BCUT2D eigenvalue weighted by Gasteiger charge is 2.32. The van der Waals surface area contributed by atoms with E-state index in [4.69, 9.17) is 5.73 Å². The second-order valence-electron chi connectivity index (χ2n) is 5.87.